The van der Waals surface area contributed by atoms with E-state index in [1.165, 1.54) is 0 Å². The smallest absolute Gasteiger partial charge is 0.358 e. The van der Waals surface area contributed by atoms with Crippen molar-refractivity contribution in [1.82, 2.24) is 9.78 Å². The van der Waals surface area contributed by atoms with E-state index < -0.39 is 0 Å². The van der Waals surface area contributed by atoms with E-state index in [-0.39, 0.29) is 23.0 Å². The summed E-state index contributed by atoms with van der Waals surface area (Å²) in [6.45, 7) is 13.4. The SMILES string of the molecule is CCOC(=O)c1cc(C(C)(C)C)n(C2CCOC2(C)C)n1. The Morgan fingerprint density at radius 2 is 2.19 bits per heavy atom. The van der Waals surface area contributed by atoms with Crippen molar-refractivity contribution in [2.24, 2.45) is 0 Å². The lowest BCUT2D eigenvalue weighted by atomic mass is 9.90. The number of esters is 1. The zero-order valence-corrected chi connectivity index (χ0v) is 13.9. The number of aromatic nitrogens is 2. The molecule has 1 saturated heterocycles. The largest absolute Gasteiger partial charge is 0.461 e. The van der Waals surface area contributed by atoms with Crippen molar-refractivity contribution in [3.05, 3.63) is 17.5 Å². The molecule has 5 heteroatoms. The number of hydrogen-bond acceptors (Lipinski definition) is 4. The van der Waals surface area contributed by atoms with Gasteiger partial charge in [-0.05, 0) is 33.3 Å². The van der Waals surface area contributed by atoms with Crippen LogP contribution in [0.2, 0.25) is 0 Å². The number of carbonyl (C=O) groups is 1. The Labute approximate surface area is 126 Å². The summed E-state index contributed by atoms with van der Waals surface area (Å²) in [5.74, 6) is -0.363. The quantitative estimate of drug-likeness (QED) is 0.804. The summed E-state index contributed by atoms with van der Waals surface area (Å²) in [5.41, 5.74) is 1.03. The lowest BCUT2D eigenvalue weighted by Gasteiger charge is -2.30. The zero-order valence-electron chi connectivity index (χ0n) is 13.9. The fourth-order valence-electron chi connectivity index (χ4n) is 2.79. The molecule has 1 fully saturated rings. The van der Waals surface area contributed by atoms with Crippen molar-refractivity contribution in [1.29, 1.82) is 0 Å². The molecule has 1 aliphatic rings. The first-order chi connectivity index (χ1) is 9.66. The number of ether oxygens (including phenoxy) is 2. The van der Waals surface area contributed by atoms with E-state index in [0.29, 0.717) is 12.3 Å². The van der Waals surface area contributed by atoms with Gasteiger partial charge in [0.15, 0.2) is 5.69 Å². The van der Waals surface area contributed by atoms with E-state index in [1.807, 2.05) is 10.7 Å². The third kappa shape index (κ3) is 3.12. The third-order valence-corrected chi connectivity index (χ3v) is 3.95. The Kier molecular flexibility index (Phi) is 4.15. The number of hydrogen-bond donors (Lipinski definition) is 0. The number of carbonyl (C=O) groups excluding carboxylic acids is 1. The van der Waals surface area contributed by atoms with Crippen LogP contribution in [0.4, 0.5) is 0 Å². The van der Waals surface area contributed by atoms with Crippen LogP contribution in [0.15, 0.2) is 6.07 Å². The summed E-state index contributed by atoms with van der Waals surface area (Å²) < 4.78 is 12.9. The Morgan fingerprint density at radius 1 is 1.52 bits per heavy atom. The Bertz CT molecular complexity index is 526. The van der Waals surface area contributed by atoms with Gasteiger partial charge in [0.05, 0.1) is 18.2 Å². The van der Waals surface area contributed by atoms with Gasteiger partial charge in [0.25, 0.3) is 0 Å². The molecule has 1 aromatic rings. The number of nitrogens with zero attached hydrogens (tertiary/aromatic N) is 2. The molecule has 1 aromatic heterocycles. The highest BCUT2D eigenvalue weighted by molar-refractivity contribution is 5.87. The predicted molar refractivity (Wildman–Crippen MR) is 80.6 cm³/mol. The molecule has 0 N–H and O–H groups in total. The molecule has 21 heavy (non-hydrogen) atoms. The predicted octanol–water partition coefficient (Wildman–Crippen LogP) is 3.10. The van der Waals surface area contributed by atoms with Crippen LogP contribution >= 0.6 is 0 Å². The second-order valence-electron chi connectivity index (χ2n) is 7.09. The van der Waals surface area contributed by atoms with Gasteiger partial charge in [0.2, 0.25) is 0 Å². The molecule has 2 heterocycles. The lowest BCUT2D eigenvalue weighted by molar-refractivity contribution is 0.0105. The van der Waals surface area contributed by atoms with Gasteiger partial charge in [-0.1, -0.05) is 20.8 Å². The van der Waals surface area contributed by atoms with Crippen LogP contribution in [-0.4, -0.2) is 34.6 Å². The Hall–Kier alpha value is -1.36. The van der Waals surface area contributed by atoms with Gasteiger partial charge < -0.3 is 9.47 Å². The van der Waals surface area contributed by atoms with Crippen LogP contribution in [0.5, 0.6) is 0 Å². The van der Waals surface area contributed by atoms with Gasteiger partial charge in [0.1, 0.15) is 0 Å². The molecule has 0 radical (unpaired) electrons. The molecule has 1 unspecified atom stereocenters. The fourth-order valence-corrected chi connectivity index (χ4v) is 2.79. The van der Waals surface area contributed by atoms with E-state index in [2.05, 4.69) is 39.7 Å². The van der Waals surface area contributed by atoms with E-state index >= 15 is 0 Å². The van der Waals surface area contributed by atoms with Gasteiger partial charge in [-0.3, -0.25) is 4.68 Å². The first-order valence-corrected chi connectivity index (χ1v) is 7.58. The molecule has 0 amide bonds. The van der Waals surface area contributed by atoms with Gasteiger partial charge >= 0.3 is 5.97 Å². The minimum Gasteiger partial charge on any atom is -0.461 e. The second-order valence-corrected chi connectivity index (χ2v) is 7.09. The van der Waals surface area contributed by atoms with Gasteiger partial charge in [-0.2, -0.15) is 5.10 Å². The highest BCUT2D eigenvalue weighted by Gasteiger charge is 2.40. The van der Waals surface area contributed by atoms with E-state index in [4.69, 9.17) is 9.47 Å². The summed E-state index contributed by atoms with van der Waals surface area (Å²) in [6.07, 6.45) is 0.903. The highest BCUT2D eigenvalue weighted by atomic mass is 16.5. The first-order valence-electron chi connectivity index (χ1n) is 7.58. The Morgan fingerprint density at radius 3 is 2.67 bits per heavy atom. The van der Waals surface area contributed by atoms with Crippen LogP contribution in [0.25, 0.3) is 0 Å². The van der Waals surface area contributed by atoms with Crippen LogP contribution in [0.1, 0.15) is 70.2 Å². The monoisotopic (exact) mass is 294 g/mol. The molecule has 0 saturated carbocycles. The minimum absolute atomic E-state index is 0.101. The highest BCUT2D eigenvalue weighted by Crippen LogP contribution is 2.38. The molecule has 2 rings (SSSR count). The van der Waals surface area contributed by atoms with Crippen molar-refractivity contribution < 1.29 is 14.3 Å². The van der Waals surface area contributed by atoms with E-state index in [9.17, 15) is 4.79 Å². The first kappa shape index (κ1) is 16.0. The van der Waals surface area contributed by atoms with Crippen molar-refractivity contribution in [2.45, 2.75) is 65.0 Å². The van der Waals surface area contributed by atoms with Crippen LogP contribution in [-0.2, 0) is 14.9 Å². The zero-order chi connectivity index (χ0) is 15.8. The summed E-state index contributed by atoms with van der Waals surface area (Å²) in [7, 11) is 0. The molecule has 0 spiro atoms. The topological polar surface area (TPSA) is 53.4 Å². The Balaban J connectivity index is 2.46. The van der Waals surface area contributed by atoms with Crippen molar-refractivity contribution in [3.63, 3.8) is 0 Å². The molecule has 1 atom stereocenters. The summed E-state index contributed by atoms with van der Waals surface area (Å²) >= 11 is 0. The molecule has 0 bridgehead atoms. The number of rotatable bonds is 3. The normalized spacial score (nSPS) is 21.5. The molecule has 118 valence electrons. The van der Waals surface area contributed by atoms with Crippen LogP contribution in [0, 0.1) is 0 Å². The maximum atomic E-state index is 12.0. The average Bonchev–Trinajstić information content (AvgIpc) is 2.91. The molecule has 1 aliphatic heterocycles. The molecule has 0 aromatic carbocycles. The second kappa shape index (κ2) is 5.44. The molecular formula is C16H26N2O3. The third-order valence-electron chi connectivity index (χ3n) is 3.95. The summed E-state index contributed by atoms with van der Waals surface area (Å²) in [5, 5.41) is 4.53. The van der Waals surface area contributed by atoms with Gasteiger partial charge in [-0.15, -0.1) is 0 Å². The molecule has 5 nitrogen and oxygen atoms in total. The summed E-state index contributed by atoms with van der Waals surface area (Å²) in [4.78, 5) is 12.0. The van der Waals surface area contributed by atoms with E-state index in [0.717, 1.165) is 18.7 Å². The summed E-state index contributed by atoms with van der Waals surface area (Å²) in [6, 6.07) is 1.99. The van der Waals surface area contributed by atoms with Gasteiger partial charge in [0, 0.05) is 17.7 Å². The standard InChI is InChI=1S/C16H26N2O3/c1-7-20-14(19)11-10-13(15(2,3)4)18(17-11)12-8-9-21-16(12,5)6/h10,12H,7-9H2,1-6H3. The molecular weight excluding hydrogens is 268 g/mol. The average molecular weight is 294 g/mol. The lowest BCUT2D eigenvalue weighted by Crippen LogP contribution is -2.33. The van der Waals surface area contributed by atoms with E-state index in [1.54, 1.807) is 6.92 Å². The van der Waals surface area contributed by atoms with Gasteiger partial charge in [-0.25, -0.2) is 4.79 Å². The van der Waals surface area contributed by atoms with Crippen LogP contribution < -0.4 is 0 Å². The minimum atomic E-state index is -0.363. The maximum Gasteiger partial charge on any atom is 0.358 e. The van der Waals surface area contributed by atoms with Crippen molar-refractivity contribution in [3.8, 4) is 0 Å². The maximum absolute atomic E-state index is 12.0. The van der Waals surface area contributed by atoms with Crippen molar-refractivity contribution >= 4 is 5.97 Å². The van der Waals surface area contributed by atoms with Crippen molar-refractivity contribution in [2.75, 3.05) is 13.2 Å². The van der Waals surface area contributed by atoms with Crippen LogP contribution in [0.3, 0.4) is 0 Å². The fraction of sp³-hybridized carbons (Fsp3) is 0.750. The molecule has 0 aliphatic carbocycles.